The van der Waals surface area contributed by atoms with Crippen molar-refractivity contribution in [2.24, 2.45) is 17.6 Å². The maximum atomic E-state index is 12.9. The largest absolute Gasteiger partial charge is 0.442 e. The van der Waals surface area contributed by atoms with Crippen LogP contribution in [0.5, 0.6) is 0 Å². The zero-order chi connectivity index (χ0) is 26.9. The molecule has 0 saturated carbocycles. The number of aliphatic hydroxyl groups is 1. The summed E-state index contributed by atoms with van der Waals surface area (Å²) in [5.41, 5.74) is 12.7. The molecule has 2 fully saturated rings. The first-order chi connectivity index (χ1) is 18.4. The monoisotopic (exact) mass is 521 g/mol. The van der Waals surface area contributed by atoms with E-state index in [-0.39, 0.29) is 30.8 Å². The molecule has 4 rings (SSSR count). The third kappa shape index (κ3) is 7.68. The van der Waals surface area contributed by atoms with Gasteiger partial charge in [-0.25, -0.2) is 9.80 Å². The van der Waals surface area contributed by atoms with Gasteiger partial charge in [-0.3, -0.25) is 5.43 Å². The van der Waals surface area contributed by atoms with Crippen LogP contribution in [0.2, 0.25) is 0 Å². The van der Waals surface area contributed by atoms with Gasteiger partial charge in [0.2, 0.25) is 0 Å². The predicted molar refractivity (Wildman–Crippen MR) is 146 cm³/mol. The molecule has 204 valence electrons. The first-order valence-corrected chi connectivity index (χ1v) is 13.3. The van der Waals surface area contributed by atoms with Crippen molar-refractivity contribution in [2.45, 2.75) is 51.7 Å². The van der Waals surface area contributed by atoms with Crippen LogP contribution in [0.3, 0.4) is 0 Å². The number of rotatable bonds is 11. The third-order valence-electron chi connectivity index (χ3n) is 7.09. The molecule has 0 aliphatic carbocycles. The van der Waals surface area contributed by atoms with Gasteiger partial charge in [0.25, 0.3) is 0 Å². The normalized spacial score (nSPS) is 22.9. The molecule has 2 aromatic rings. The van der Waals surface area contributed by atoms with Crippen LogP contribution in [0, 0.1) is 11.8 Å². The van der Waals surface area contributed by atoms with E-state index in [4.69, 9.17) is 19.9 Å². The van der Waals surface area contributed by atoms with Gasteiger partial charge < -0.3 is 25.1 Å². The number of benzene rings is 2. The van der Waals surface area contributed by atoms with E-state index in [2.05, 4.69) is 17.6 Å². The van der Waals surface area contributed by atoms with Crippen molar-refractivity contribution in [3.8, 4) is 0 Å². The fraction of sp³-hybridized carbons (Fsp3) is 0.433. The molecule has 2 saturated heterocycles. The van der Waals surface area contributed by atoms with Crippen molar-refractivity contribution in [1.29, 1.82) is 0 Å². The van der Waals surface area contributed by atoms with Gasteiger partial charge in [0, 0.05) is 18.8 Å². The molecule has 8 nitrogen and oxygen atoms in total. The van der Waals surface area contributed by atoms with Gasteiger partial charge in [-0.05, 0) is 48.4 Å². The summed E-state index contributed by atoms with van der Waals surface area (Å²) in [5, 5.41) is 12.8. The molecule has 2 aliphatic rings. The van der Waals surface area contributed by atoms with E-state index in [1.54, 1.807) is 5.01 Å². The van der Waals surface area contributed by atoms with Crippen molar-refractivity contribution in [3.05, 3.63) is 89.5 Å². The molecule has 0 aromatic heterocycles. The number of nitrogens with zero attached hydrogens (tertiary/aromatic N) is 1. The Morgan fingerprint density at radius 1 is 1.18 bits per heavy atom. The second-order valence-corrected chi connectivity index (χ2v) is 10.0. The molecular weight excluding hydrogens is 482 g/mol. The van der Waals surface area contributed by atoms with E-state index >= 15 is 0 Å². The van der Waals surface area contributed by atoms with Crippen LogP contribution >= 0.6 is 0 Å². The lowest BCUT2D eigenvalue weighted by Gasteiger charge is -2.29. The first kappa shape index (κ1) is 27.9. The second kappa shape index (κ2) is 13.6. The fourth-order valence-corrected chi connectivity index (χ4v) is 4.84. The number of fused-ring (bicyclic) bond motifs is 1. The summed E-state index contributed by atoms with van der Waals surface area (Å²) in [6.45, 7) is 5.51. The van der Waals surface area contributed by atoms with Crippen LogP contribution in [0.15, 0.2) is 72.8 Å². The number of nitrogens with two attached hydrogens (primary N) is 1. The minimum absolute atomic E-state index is 0.0173. The zero-order valence-electron chi connectivity index (χ0n) is 22.2. The molecule has 2 heterocycles. The van der Waals surface area contributed by atoms with Crippen molar-refractivity contribution in [2.75, 3.05) is 19.8 Å². The number of carbonyl (C=O) groups is 1. The Morgan fingerprint density at radius 2 is 1.95 bits per heavy atom. The Kier molecular flexibility index (Phi) is 9.95. The van der Waals surface area contributed by atoms with E-state index in [9.17, 15) is 9.90 Å². The van der Waals surface area contributed by atoms with Crippen molar-refractivity contribution < 1.29 is 24.1 Å². The molecule has 0 bridgehead atoms. The molecule has 2 aliphatic heterocycles. The third-order valence-corrected chi connectivity index (χ3v) is 7.09. The summed E-state index contributed by atoms with van der Waals surface area (Å²) >= 11 is 0. The molecule has 0 spiro atoms. The second-order valence-electron chi connectivity index (χ2n) is 10.0. The highest BCUT2D eigenvalue weighted by molar-refractivity contribution is 5.67. The van der Waals surface area contributed by atoms with Gasteiger partial charge in [-0.2, -0.15) is 0 Å². The van der Waals surface area contributed by atoms with Gasteiger partial charge in [-0.15, -0.1) is 0 Å². The summed E-state index contributed by atoms with van der Waals surface area (Å²) in [4.78, 5) is 12.9. The van der Waals surface area contributed by atoms with Gasteiger partial charge >= 0.3 is 6.09 Å². The van der Waals surface area contributed by atoms with Crippen LogP contribution in [0.25, 0.3) is 5.70 Å². The average molecular weight is 522 g/mol. The molecule has 8 heteroatoms. The Bertz CT molecular complexity index is 1090. The Labute approximate surface area is 225 Å². The van der Waals surface area contributed by atoms with Gasteiger partial charge in [-0.1, -0.05) is 73.7 Å². The highest BCUT2D eigenvalue weighted by Crippen LogP contribution is 2.33. The van der Waals surface area contributed by atoms with Gasteiger partial charge in [0.1, 0.15) is 6.10 Å². The molecule has 1 amide bonds. The van der Waals surface area contributed by atoms with Crippen molar-refractivity contribution >= 4 is 11.8 Å². The van der Waals surface area contributed by atoms with Gasteiger partial charge in [0.05, 0.1) is 25.2 Å². The van der Waals surface area contributed by atoms with Gasteiger partial charge in [0.15, 0.2) is 6.29 Å². The number of allylic oxidation sites excluding steroid dienone is 3. The number of amides is 1. The number of ether oxygens (including phenoxy) is 3. The summed E-state index contributed by atoms with van der Waals surface area (Å²) in [5.74, 6) is 0.0376. The lowest BCUT2D eigenvalue weighted by molar-refractivity contribution is -0.0907. The minimum atomic E-state index is -0.670. The molecule has 38 heavy (non-hydrogen) atoms. The van der Waals surface area contributed by atoms with E-state index in [0.717, 1.165) is 29.5 Å². The van der Waals surface area contributed by atoms with Crippen LogP contribution < -0.4 is 11.2 Å². The highest BCUT2D eigenvalue weighted by atomic mass is 16.7. The molecular formula is C30H39N3O5. The van der Waals surface area contributed by atoms with E-state index < -0.39 is 12.2 Å². The molecule has 4 N–H and O–H groups in total. The van der Waals surface area contributed by atoms with Crippen LogP contribution in [0.1, 0.15) is 37.0 Å². The number of hydrogen-bond acceptors (Lipinski definition) is 7. The Balaban J connectivity index is 1.41. The standard InChI is InChI=1S/C30H39N3O5/c1-3-4-10-26(31)24-13-11-23(12-14-24)18-33(19-27(34)21(2)17-22-8-6-5-7-9-22)32-30(35)38-28-20-37-29-25(28)15-16-36-29/h3-14,21,25,27-29,34H,15-20,31H2,1-2H3,(H,32,35)/b4-3-,26-10-. The first-order valence-electron chi connectivity index (χ1n) is 13.3. The maximum absolute atomic E-state index is 12.9. The smallest absolute Gasteiger partial charge is 0.422 e. The van der Waals surface area contributed by atoms with Crippen molar-refractivity contribution in [3.63, 3.8) is 0 Å². The number of hydrazine groups is 1. The SMILES string of the molecule is C/C=C\C=C(/N)c1ccc(CN(CC(O)C(C)Cc2ccccc2)NC(=O)OC2COC3OCCC23)cc1. The number of nitrogens with one attached hydrogen (secondary N) is 1. The average Bonchev–Trinajstić information content (AvgIpc) is 3.53. The van der Waals surface area contributed by atoms with Crippen molar-refractivity contribution in [1.82, 2.24) is 10.4 Å². The summed E-state index contributed by atoms with van der Waals surface area (Å²) in [7, 11) is 0. The minimum Gasteiger partial charge on any atom is -0.442 e. The number of carbonyl (C=O) groups excluding carboxylic acids is 1. The lowest BCUT2D eigenvalue weighted by Crippen LogP contribution is -2.48. The molecule has 5 unspecified atom stereocenters. The highest BCUT2D eigenvalue weighted by Gasteiger charge is 2.44. The van der Waals surface area contributed by atoms with Crippen LogP contribution in [-0.2, 0) is 27.2 Å². The summed E-state index contributed by atoms with van der Waals surface area (Å²) in [6, 6.07) is 17.9. The molecule has 0 radical (unpaired) electrons. The Hall–Kier alpha value is -3.17. The number of hydrogen-bond donors (Lipinski definition) is 3. The Morgan fingerprint density at radius 3 is 2.68 bits per heavy atom. The van der Waals surface area contributed by atoms with E-state index in [1.165, 1.54) is 0 Å². The zero-order valence-corrected chi connectivity index (χ0v) is 22.2. The molecule has 5 atom stereocenters. The van der Waals surface area contributed by atoms with E-state index in [0.29, 0.717) is 25.5 Å². The molecule has 2 aromatic carbocycles. The fourth-order valence-electron chi connectivity index (χ4n) is 4.84. The number of aliphatic hydroxyl groups excluding tert-OH is 1. The lowest BCUT2D eigenvalue weighted by atomic mass is 9.95. The summed E-state index contributed by atoms with van der Waals surface area (Å²) < 4.78 is 16.8. The topological polar surface area (TPSA) is 106 Å². The quantitative estimate of drug-likeness (QED) is 0.303. The maximum Gasteiger partial charge on any atom is 0.422 e. The predicted octanol–water partition coefficient (Wildman–Crippen LogP) is 4.01. The van der Waals surface area contributed by atoms with Crippen LogP contribution in [-0.4, -0.2) is 54.5 Å². The van der Waals surface area contributed by atoms with E-state index in [1.807, 2.05) is 74.5 Å². The summed E-state index contributed by atoms with van der Waals surface area (Å²) in [6.07, 6.45) is 5.33. The van der Waals surface area contributed by atoms with Crippen LogP contribution in [0.4, 0.5) is 4.79 Å².